The molecule has 6 nitrogen and oxygen atoms in total. The number of amides is 2. The molecular weight excluding hydrogens is 505 g/mol. The second kappa shape index (κ2) is 11.7. The van der Waals surface area contributed by atoms with Gasteiger partial charge in [0.1, 0.15) is 10.6 Å². The second-order valence-electron chi connectivity index (χ2n) is 8.58. The third-order valence-corrected chi connectivity index (χ3v) is 7.15. The van der Waals surface area contributed by atoms with E-state index in [0.717, 1.165) is 30.2 Å². The third-order valence-electron chi connectivity index (χ3n) is 5.90. The molecule has 0 aromatic heterocycles. The first-order valence-corrected chi connectivity index (χ1v) is 13.2. The number of nitrogens with zero attached hydrogens (tertiary/aromatic N) is 1. The monoisotopic (exact) mass is 534 g/mol. The van der Waals surface area contributed by atoms with Gasteiger partial charge >= 0.3 is 22.3 Å². The van der Waals surface area contributed by atoms with E-state index in [2.05, 4.69) is 5.32 Å². The summed E-state index contributed by atoms with van der Waals surface area (Å²) in [6.07, 6.45) is -3.12. The van der Waals surface area contributed by atoms with Crippen molar-refractivity contribution in [2.24, 2.45) is 0 Å². The van der Waals surface area contributed by atoms with Crippen molar-refractivity contribution in [3.63, 3.8) is 0 Å². The molecule has 1 N–H and O–H groups in total. The van der Waals surface area contributed by atoms with E-state index in [1.807, 2.05) is 45.0 Å². The van der Waals surface area contributed by atoms with Gasteiger partial charge in [-0.2, -0.15) is 21.6 Å². The highest BCUT2D eigenvalue weighted by molar-refractivity contribution is 7.87. The lowest BCUT2D eigenvalue weighted by Gasteiger charge is -2.29. The van der Waals surface area contributed by atoms with Crippen LogP contribution >= 0.6 is 0 Å². The van der Waals surface area contributed by atoms with Gasteiger partial charge in [0.05, 0.1) is 5.56 Å². The van der Waals surface area contributed by atoms with Gasteiger partial charge in [-0.3, -0.25) is 0 Å². The predicted molar refractivity (Wildman–Crippen MR) is 136 cm³/mol. The van der Waals surface area contributed by atoms with E-state index in [0.29, 0.717) is 23.7 Å². The number of anilines is 1. The number of nitrogens with one attached hydrogen (secondary N) is 1. The van der Waals surface area contributed by atoms with Crippen LogP contribution in [0.5, 0.6) is 5.75 Å². The van der Waals surface area contributed by atoms with Crippen LogP contribution in [0, 0.1) is 0 Å². The molecule has 3 rings (SSSR count). The van der Waals surface area contributed by atoms with E-state index in [1.54, 1.807) is 17.0 Å². The molecular formula is C27H29F3N2O4S. The maximum absolute atomic E-state index is 13.1. The Labute approximate surface area is 215 Å². The Kier molecular flexibility index (Phi) is 8.85. The quantitative estimate of drug-likeness (QED) is 0.304. The van der Waals surface area contributed by atoms with Crippen molar-refractivity contribution in [2.75, 3.05) is 5.32 Å². The molecule has 0 fully saturated rings. The maximum Gasteiger partial charge on any atom is 0.416 e. The summed E-state index contributed by atoms with van der Waals surface area (Å²) in [5.74, 6) is -0.0745. The molecule has 198 valence electrons. The number of hydrogen-bond donors (Lipinski definition) is 1. The lowest BCUT2D eigenvalue weighted by Crippen LogP contribution is -2.40. The SMILES string of the molecule is CCc1ccc(NC(=O)N(Cc2cccc(OS(=O)(=O)c3cccc(C(F)(F)F)c3)c2)C(C)CC)cc1. The van der Waals surface area contributed by atoms with Crippen molar-refractivity contribution in [1.29, 1.82) is 0 Å². The molecule has 3 aromatic rings. The summed E-state index contributed by atoms with van der Waals surface area (Å²) in [6, 6.07) is 16.6. The number of alkyl halides is 3. The molecule has 0 bridgehead atoms. The summed E-state index contributed by atoms with van der Waals surface area (Å²) < 4.78 is 69.5. The second-order valence-corrected chi connectivity index (χ2v) is 10.1. The highest BCUT2D eigenvalue weighted by atomic mass is 32.2. The molecule has 0 aliphatic carbocycles. The van der Waals surface area contributed by atoms with Gasteiger partial charge in [-0.25, -0.2) is 4.79 Å². The molecule has 0 heterocycles. The standard InChI is InChI=1S/C27H29F3N2O4S/c1-4-19(3)32(26(33)31-23-14-12-20(5-2)13-15-23)18-21-8-6-10-24(16-21)36-37(34,35)25-11-7-9-22(17-25)27(28,29)30/h6-17,19H,4-5,18H2,1-3H3,(H,31,33). The number of hydrogen-bond acceptors (Lipinski definition) is 4. The minimum Gasteiger partial charge on any atom is -0.379 e. The Hall–Kier alpha value is -3.53. The van der Waals surface area contributed by atoms with Gasteiger partial charge in [0.15, 0.2) is 0 Å². The molecule has 1 unspecified atom stereocenters. The highest BCUT2D eigenvalue weighted by Gasteiger charge is 2.32. The van der Waals surface area contributed by atoms with Gasteiger partial charge in [0.25, 0.3) is 0 Å². The van der Waals surface area contributed by atoms with E-state index >= 15 is 0 Å². The number of carbonyl (C=O) groups is 1. The Bertz CT molecular complexity index is 1330. The fourth-order valence-corrected chi connectivity index (χ4v) is 4.53. The molecule has 0 saturated carbocycles. The van der Waals surface area contributed by atoms with Crippen molar-refractivity contribution >= 4 is 21.8 Å². The Balaban J connectivity index is 1.78. The minimum absolute atomic E-state index is 0.0745. The van der Waals surface area contributed by atoms with Crippen molar-refractivity contribution in [3.05, 3.63) is 89.5 Å². The lowest BCUT2D eigenvalue weighted by atomic mass is 10.1. The van der Waals surface area contributed by atoms with Gasteiger partial charge in [-0.1, -0.05) is 44.2 Å². The van der Waals surface area contributed by atoms with Crippen LogP contribution in [0.2, 0.25) is 0 Å². The molecule has 0 spiro atoms. The Morgan fingerprint density at radius 1 is 0.973 bits per heavy atom. The summed E-state index contributed by atoms with van der Waals surface area (Å²) in [7, 11) is -4.52. The number of carbonyl (C=O) groups excluding carboxylic acids is 1. The topological polar surface area (TPSA) is 75.7 Å². The zero-order chi connectivity index (χ0) is 27.2. The molecule has 0 aliphatic rings. The zero-order valence-electron chi connectivity index (χ0n) is 20.7. The molecule has 1 atom stereocenters. The van der Waals surface area contributed by atoms with Crippen molar-refractivity contribution in [1.82, 2.24) is 4.90 Å². The van der Waals surface area contributed by atoms with Crippen LogP contribution in [-0.4, -0.2) is 25.4 Å². The fraction of sp³-hybridized carbons (Fsp3) is 0.296. The number of rotatable bonds is 9. The van der Waals surface area contributed by atoms with Crippen LogP contribution in [0.15, 0.2) is 77.7 Å². The van der Waals surface area contributed by atoms with E-state index in [9.17, 15) is 26.4 Å². The maximum atomic E-state index is 13.1. The van der Waals surface area contributed by atoms with Crippen LogP contribution in [0.25, 0.3) is 0 Å². The van der Waals surface area contributed by atoms with E-state index in [4.69, 9.17) is 4.18 Å². The van der Waals surface area contributed by atoms with Crippen molar-refractivity contribution in [3.8, 4) is 5.75 Å². The Morgan fingerprint density at radius 3 is 2.27 bits per heavy atom. The predicted octanol–water partition coefficient (Wildman–Crippen LogP) is 6.87. The molecule has 0 aliphatic heterocycles. The summed E-state index contributed by atoms with van der Waals surface area (Å²) in [4.78, 5) is 14.1. The molecule has 2 amide bonds. The van der Waals surface area contributed by atoms with Gasteiger partial charge in [0.2, 0.25) is 0 Å². The first-order chi connectivity index (χ1) is 17.4. The van der Waals surface area contributed by atoms with Crippen LogP contribution in [0.1, 0.15) is 43.9 Å². The summed E-state index contributed by atoms with van der Waals surface area (Å²) in [6.45, 7) is 6.05. The highest BCUT2D eigenvalue weighted by Crippen LogP contribution is 2.31. The average Bonchev–Trinajstić information content (AvgIpc) is 2.86. The zero-order valence-corrected chi connectivity index (χ0v) is 21.6. The number of aryl methyl sites for hydroxylation is 1. The number of halogens is 3. The summed E-state index contributed by atoms with van der Waals surface area (Å²) >= 11 is 0. The van der Waals surface area contributed by atoms with Crippen molar-refractivity contribution in [2.45, 2.75) is 57.3 Å². The fourth-order valence-electron chi connectivity index (χ4n) is 3.56. The Morgan fingerprint density at radius 2 is 1.65 bits per heavy atom. The molecule has 3 aromatic carbocycles. The largest absolute Gasteiger partial charge is 0.416 e. The van der Waals surface area contributed by atoms with Gasteiger partial charge in [0, 0.05) is 18.3 Å². The van der Waals surface area contributed by atoms with E-state index in [-0.39, 0.29) is 24.4 Å². The first-order valence-electron chi connectivity index (χ1n) is 11.8. The van der Waals surface area contributed by atoms with Gasteiger partial charge in [-0.05, 0) is 73.4 Å². The third kappa shape index (κ3) is 7.48. The summed E-state index contributed by atoms with van der Waals surface area (Å²) in [5.41, 5.74) is 1.30. The normalized spacial score (nSPS) is 12.6. The lowest BCUT2D eigenvalue weighted by molar-refractivity contribution is -0.137. The van der Waals surface area contributed by atoms with Crippen LogP contribution in [0.3, 0.4) is 0 Å². The molecule has 37 heavy (non-hydrogen) atoms. The smallest absolute Gasteiger partial charge is 0.379 e. The van der Waals surface area contributed by atoms with E-state index < -0.39 is 26.8 Å². The summed E-state index contributed by atoms with van der Waals surface area (Å²) in [5, 5.41) is 2.89. The molecule has 0 saturated heterocycles. The minimum atomic E-state index is -4.69. The molecule has 10 heteroatoms. The van der Waals surface area contributed by atoms with Crippen LogP contribution in [0.4, 0.5) is 23.7 Å². The van der Waals surface area contributed by atoms with Gasteiger partial charge < -0.3 is 14.4 Å². The molecule has 0 radical (unpaired) electrons. The number of urea groups is 1. The average molecular weight is 535 g/mol. The van der Waals surface area contributed by atoms with Crippen molar-refractivity contribution < 1.29 is 30.6 Å². The van der Waals surface area contributed by atoms with Gasteiger partial charge in [-0.15, -0.1) is 0 Å². The van der Waals surface area contributed by atoms with Crippen LogP contribution in [-0.2, 0) is 29.3 Å². The van der Waals surface area contributed by atoms with Crippen LogP contribution < -0.4 is 9.50 Å². The van der Waals surface area contributed by atoms with E-state index in [1.165, 1.54) is 12.1 Å². The first kappa shape index (κ1) is 28.0. The number of benzene rings is 3.